The fourth-order valence-corrected chi connectivity index (χ4v) is 1.88. The number of fused-ring (bicyclic) bond motifs is 1. The first kappa shape index (κ1) is 12.9. The van der Waals surface area contributed by atoms with Crippen LogP contribution in [0.3, 0.4) is 0 Å². The number of carboxylic acid groups (broad SMARTS) is 1. The molecule has 0 unspecified atom stereocenters. The van der Waals surface area contributed by atoms with Crippen LogP contribution in [-0.4, -0.2) is 40.8 Å². The van der Waals surface area contributed by atoms with Crippen molar-refractivity contribution in [1.29, 1.82) is 0 Å². The summed E-state index contributed by atoms with van der Waals surface area (Å²) < 4.78 is 2.63. The average Bonchev–Trinajstić information content (AvgIpc) is 2.85. The predicted octanol–water partition coefficient (Wildman–Crippen LogP) is -0.334. The number of carbonyl (C=O) groups is 1. The van der Waals surface area contributed by atoms with Crippen LogP contribution in [0.4, 0.5) is 0 Å². The Bertz CT molecular complexity index is 880. The smallest absolute Gasteiger partial charge is 0.337 e. The van der Waals surface area contributed by atoms with Gasteiger partial charge in [-0.1, -0.05) is 5.21 Å². The summed E-state index contributed by atoms with van der Waals surface area (Å²) in [6.45, 7) is 0.108. The van der Waals surface area contributed by atoms with E-state index in [-0.39, 0.29) is 17.7 Å². The highest BCUT2D eigenvalue weighted by Gasteiger charge is 2.10. The Labute approximate surface area is 117 Å². The molecule has 1 N–H and O–H groups in total. The molecule has 0 saturated heterocycles. The second-order valence-electron chi connectivity index (χ2n) is 4.40. The Morgan fingerprint density at radius 3 is 2.81 bits per heavy atom. The molecule has 0 amide bonds. The molecule has 3 aromatic rings. The maximum Gasteiger partial charge on any atom is 0.337 e. The van der Waals surface area contributed by atoms with Crippen molar-refractivity contribution in [3.05, 3.63) is 46.1 Å². The van der Waals surface area contributed by atoms with Gasteiger partial charge in [0.05, 0.1) is 24.0 Å². The molecule has 3 heterocycles. The van der Waals surface area contributed by atoms with Crippen LogP contribution in [0.25, 0.3) is 11.0 Å². The van der Waals surface area contributed by atoms with Crippen molar-refractivity contribution < 1.29 is 9.90 Å². The lowest BCUT2D eigenvalue weighted by atomic mass is 10.2. The Morgan fingerprint density at radius 2 is 2.14 bits per heavy atom. The molecule has 3 rings (SSSR count). The largest absolute Gasteiger partial charge is 0.478 e. The molecule has 0 radical (unpaired) electrons. The summed E-state index contributed by atoms with van der Waals surface area (Å²) in [6.07, 6.45) is 2.67. The molecule has 0 aliphatic carbocycles. The van der Waals surface area contributed by atoms with Crippen LogP contribution >= 0.6 is 0 Å². The third kappa shape index (κ3) is 2.24. The Balaban J connectivity index is 1.96. The van der Waals surface area contributed by atoms with Crippen LogP contribution < -0.4 is 5.56 Å². The maximum absolute atomic E-state index is 12.2. The van der Waals surface area contributed by atoms with E-state index in [1.807, 2.05) is 0 Å². The molecule has 0 saturated carbocycles. The number of nitrogens with zero attached hydrogens (tertiary/aromatic N) is 6. The number of rotatable bonds is 3. The van der Waals surface area contributed by atoms with E-state index in [2.05, 4.69) is 20.4 Å². The molecule has 3 aromatic heterocycles. The zero-order valence-electron chi connectivity index (χ0n) is 11.0. The number of hydrogen-bond donors (Lipinski definition) is 1. The minimum absolute atomic E-state index is 0.0832. The summed E-state index contributed by atoms with van der Waals surface area (Å²) in [5.41, 5.74) is 0.683. The van der Waals surface area contributed by atoms with Gasteiger partial charge in [-0.25, -0.2) is 14.2 Å². The Kier molecular flexibility index (Phi) is 2.94. The van der Waals surface area contributed by atoms with Crippen LogP contribution in [0, 0.1) is 0 Å². The zero-order chi connectivity index (χ0) is 15.0. The summed E-state index contributed by atoms with van der Waals surface area (Å²) in [7, 11) is 1.67. The average molecular weight is 286 g/mol. The van der Waals surface area contributed by atoms with Gasteiger partial charge in [-0.05, 0) is 12.1 Å². The van der Waals surface area contributed by atoms with E-state index in [4.69, 9.17) is 5.11 Å². The lowest BCUT2D eigenvalue weighted by Gasteiger charge is -2.03. The van der Waals surface area contributed by atoms with Crippen molar-refractivity contribution in [3.63, 3.8) is 0 Å². The van der Waals surface area contributed by atoms with Crippen molar-refractivity contribution in [1.82, 2.24) is 29.8 Å². The van der Waals surface area contributed by atoms with Crippen LogP contribution in [0.2, 0.25) is 0 Å². The van der Waals surface area contributed by atoms with Gasteiger partial charge in [-0.2, -0.15) is 5.10 Å². The second-order valence-corrected chi connectivity index (χ2v) is 4.40. The van der Waals surface area contributed by atoms with E-state index in [1.54, 1.807) is 7.05 Å². The maximum atomic E-state index is 12.2. The highest BCUT2D eigenvalue weighted by atomic mass is 16.4. The first-order valence-electron chi connectivity index (χ1n) is 6.00. The van der Waals surface area contributed by atoms with Gasteiger partial charge in [0.2, 0.25) is 0 Å². The van der Waals surface area contributed by atoms with Crippen molar-refractivity contribution in [2.24, 2.45) is 7.05 Å². The van der Waals surface area contributed by atoms with E-state index in [9.17, 15) is 9.59 Å². The molecule has 106 valence electrons. The summed E-state index contributed by atoms with van der Waals surface area (Å²) in [4.78, 5) is 26.9. The minimum atomic E-state index is -1.05. The Morgan fingerprint density at radius 1 is 1.33 bits per heavy atom. The second kappa shape index (κ2) is 4.78. The van der Waals surface area contributed by atoms with Gasteiger partial charge in [0.25, 0.3) is 5.56 Å². The number of carboxylic acids is 1. The van der Waals surface area contributed by atoms with Gasteiger partial charge in [0.1, 0.15) is 5.39 Å². The van der Waals surface area contributed by atoms with Crippen molar-refractivity contribution in [3.8, 4) is 0 Å². The van der Waals surface area contributed by atoms with Gasteiger partial charge in [0, 0.05) is 13.2 Å². The van der Waals surface area contributed by atoms with E-state index >= 15 is 0 Å². The summed E-state index contributed by atoms with van der Waals surface area (Å²) in [5.74, 6) is -1.05. The van der Waals surface area contributed by atoms with Crippen LogP contribution in [-0.2, 0) is 13.6 Å². The van der Waals surface area contributed by atoms with Gasteiger partial charge < -0.3 is 5.11 Å². The first-order valence-corrected chi connectivity index (χ1v) is 6.00. The SMILES string of the molecule is Cn1ncc2c(=O)n(Cc3ccc(C(=O)O)cn3)nnc21. The van der Waals surface area contributed by atoms with Gasteiger partial charge in [-0.3, -0.25) is 9.78 Å². The number of aryl methyl sites for hydroxylation is 1. The number of pyridine rings is 1. The molecule has 0 aliphatic rings. The monoisotopic (exact) mass is 286 g/mol. The number of hydrogen-bond acceptors (Lipinski definition) is 6. The first-order chi connectivity index (χ1) is 10.1. The van der Waals surface area contributed by atoms with Crippen LogP contribution in [0.5, 0.6) is 0 Å². The molecule has 0 fully saturated rings. The van der Waals surface area contributed by atoms with E-state index < -0.39 is 5.97 Å². The van der Waals surface area contributed by atoms with E-state index in [0.29, 0.717) is 16.7 Å². The number of aromatic carboxylic acids is 1. The minimum Gasteiger partial charge on any atom is -0.478 e. The van der Waals surface area contributed by atoms with Gasteiger partial charge in [-0.15, -0.1) is 5.10 Å². The predicted molar refractivity (Wildman–Crippen MR) is 70.9 cm³/mol. The third-order valence-corrected chi connectivity index (χ3v) is 3.00. The molecule has 21 heavy (non-hydrogen) atoms. The normalized spacial score (nSPS) is 10.9. The van der Waals surface area contributed by atoms with E-state index in [1.165, 1.54) is 29.2 Å². The molecular formula is C12H10N6O3. The fourth-order valence-electron chi connectivity index (χ4n) is 1.88. The molecule has 9 heteroatoms. The molecule has 0 spiro atoms. The summed E-state index contributed by atoms with van der Waals surface area (Å²) in [6, 6.07) is 2.96. The quantitative estimate of drug-likeness (QED) is 0.700. The van der Waals surface area contributed by atoms with Gasteiger partial charge in [0.15, 0.2) is 5.65 Å². The van der Waals surface area contributed by atoms with Crippen molar-refractivity contribution in [2.45, 2.75) is 6.54 Å². The zero-order valence-corrected chi connectivity index (χ0v) is 11.0. The van der Waals surface area contributed by atoms with Crippen molar-refractivity contribution >= 4 is 17.0 Å². The molecule has 0 aliphatic heterocycles. The lowest BCUT2D eigenvalue weighted by Crippen LogP contribution is -2.25. The van der Waals surface area contributed by atoms with E-state index in [0.717, 1.165) is 4.68 Å². The lowest BCUT2D eigenvalue weighted by molar-refractivity contribution is 0.0696. The molecule has 0 aromatic carbocycles. The van der Waals surface area contributed by atoms with Crippen molar-refractivity contribution in [2.75, 3.05) is 0 Å². The summed E-state index contributed by atoms with van der Waals surface area (Å²) >= 11 is 0. The number of aromatic nitrogens is 6. The molecule has 9 nitrogen and oxygen atoms in total. The fraction of sp³-hybridized carbons (Fsp3) is 0.167. The third-order valence-electron chi connectivity index (χ3n) is 3.00. The highest BCUT2D eigenvalue weighted by molar-refractivity contribution is 5.87. The molecule has 0 bridgehead atoms. The van der Waals surface area contributed by atoms with Crippen LogP contribution in [0.1, 0.15) is 16.1 Å². The van der Waals surface area contributed by atoms with Gasteiger partial charge >= 0.3 is 5.97 Å². The molecular weight excluding hydrogens is 276 g/mol. The topological polar surface area (TPSA) is 116 Å². The van der Waals surface area contributed by atoms with Crippen LogP contribution in [0.15, 0.2) is 29.3 Å². The highest BCUT2D eigenvalue weighted by Crippen LogP contribution is 2.04. The standard InChI is InChI=1S/C12H10N6O3/c1-17-10-9(5-14-17)11(19)18(16-15-10)6-8-3-2-7(4-13-8)12(20)21/h2-5H,6H2,1H3,(H,20,21). The Hall–Kier alpha value is -3.10. The summed E-state index contributed by atoms with van der Waals surface area (Å²) in [5, 5.41) is 20.9. The molecule has 0 atom stereocenters.